The summed E-state index contributed by atoms with van der Waals surface area (Å²) in [7, 11) is 1.73. The lowest BCUT2D eigenvalue weighted by Crippen LogP contribution is -2.19. The maximum Gasteiger partial charge on any atom is 0.323 e. The van der Waals surface area contributed by atoms with Gasteiger partial charge < -0.3 is 20.7 Å². The number of halogens is 2. The van der Waals surface area contributed by atoms with Crippen LogP contribution in [-0.4, -0.2) is 28.0 Å². The standard InChI is InChI=1S/C23H18F2N6O2/c1-26-22-28-12-10-20(31-22)17-3-2-11-27-21(17)33-16-7-4-14(5-8-16)29-23(32)30-15-6-9-18(24)19(25)13-15/h2-13H,1H3,(H,26,28,31)(H2,29,30,32). The summed E-state index contributed by atoms with van der Waals surface area (Å²) in [6.45, 7) is 0. The third-order valence-electron chi connectivity index (χ3n) is 4.43. The van der Waals surface area contributed by atoms with Crippen LogP contribution in [0.1, 0.15) is 0 Å². The van der Waals surface area contributed by atoms with E-state index in [1.165, 1.54) is 6.07 Å². The van der Waals surface area contributed by atoms with Crippen molar-refractivity contribution in [1.82, 2.24) is 15.0 Å². The first-order valence-electron chi connectivity index (χ1n) is 9.79. The number of hydrogen-bond acceptors (Lipinski definition) is 6. The molecule has 166 valence electrons. The van der Waals surface area contributed by atoms with E-state index in [0.29, 0.717) is 34.5 Å². The molecule has 4 aromatic rings. The molecule has 0 saturated carbocycles. The number of ether oxygens (including phenoxy) is 1. The molecule has 33 heavy (non-hydrogen) atoms. The molecule has 10 heteroatoms. The Hall–Kier alpha value is -4.60. The second kappa shape index (κ2) is 9.69. The lowest BCUT2D eigenvalue weighted by molar-refractivity contribution is 0.262. The monoisotopic (exact) mass is 448 g/mol. The van der Waals surface area contributed by atoms with E-state index in [4.69, 9.17) is 4.74 Å². The zero-order valence-corrected chi connectivity index (χ0v) is 17.3. The molecule has 3 N–H and O–H groups in total. The van der Waals surface area contributed by atoms with Gasteiger partial charge >= 0.3 is 6.03 Å². The Labute approximate surface area is 187 Å². The van der Waals surface area contributed by atoms with Crippen LogP contribution in [0, 0.1) is 11.6 Å². The number of anilines is 3. The minimum Gasteiger partial charge on any atom is -0.438 e. The summed E-state index contributed by atoms with van der Waals surface area (Å²) in [6.07, 6.45) is 3.24. The third kappa shape index (κ3) is 5.37. The average Bonchev–Trinajstić information content (AvgIpc) is 2.83. The molecule has 0 unspecified atom stereocenters. The van der Waals surface area contributed by atoms with Gasteiger partial charge in [-0.15, -0.1) is 0 Å². The van der Waals surface area contributed by atoms with Crippen LogP contribution in [0.4, 0.5) is 30.9 Å². The number of pyridine rings is 1. The van der Waals surface area contributed by atoms with Crippen molar-refractivity contribution < 1.29 is 18.3 Å². The van der Waals surface area contributed by atoms with E-state index in [2.05, 4.69) is 30.9 Å². The van der Waals surface area contributed by atoms with Crippen LogP contribution in [-0.2, 0) is 0 Å². The highest BCUT2D eigenvalue weighted by molar-refractivity contribution is 5.99. The van der Waals surface area contributed by atoms with Gasteiger partial charge in [-0.05, 0) is 54.6 Å². The summed E-state index contributed by atoms with van der Waals surface area (Å²) in [4.78, 5) is 24.9. The fourth-order valence-electron chi connectivity index (χ4n) is 2.88. The van der Waals surface area contributed by atoms with Crippen LogP contribution < -0.4 is 20.7 Å². The van der Waals surface area contributed by atoms with Gasteiger partial charge in [0.05, 0.1) is 11.3 Å². The van der Waals surface area contributed by atoms with E-state index in [0.717, 1.165) is 12.1 Å². The fourth-order valence-corrected chi connectivity index (χ4v) is 2.88. The van der Waals surface area contributed by atoms with Crippen molar-refractivity contribution in [3.8, 4) is 22.9 Å². The molecular formula is C23H18F2N6O2. The second-order valence-corrected chi connectivity index (χ2v) is 6.71. The molecule has 0 atom stereocenters. The molecule has 2 heterocycles. The Morgan fingerprint density at radius 3 is 2.39 bits per heavy atom. The van der Waals surface area contributed by atoms with Crippen LogP contribution in [0.5, 0.6) is 11.6 Å². The van der Waals surface area contributed by atoms with Gasteiger partial charge in [-0.2, -0.15) is 0 Å². The molecule has 2 amide bonds. The van der Waals surface area contributed by atoms with Gasteiger partial charge in [0, 0.05) is 36.9 Å². The van der Waals surface area contributed by atoms with E-state index < -0.39 is 17.7 Å². The van der Waals surface area contributed by atoms with Crippen molar-refractivity contribution in [1.29, 1.82) is 0 Å². The topological polar surface area (TPSA) is 101 Å². The van der Waals surface area contributed by atoms with E-state index in [9.17, 15) is 13.6 Å². The Morgan fingerprint density at radius 1 is 0.879 bits per heavy atom. The average molecular weight is 448 g/mol. The third-order valence-corrected chi connectivity index (χ3v) is 4.43. The van der Waals surface area contributed by atoms with E-state index in [1.54, 1.807) is 55.8 Å². The van der Waals surface area contributed by atoms with Crippen LogP contribution in [0.15, 0.2) is 73.1 Å². The molecule has 0 aliphatic rings. The molecule has 0 aliphatic heterocycles. The number of amides is 2. The number of carbonyl (C=O) groups excluding carboxylic acids is 1. The lowest BCUT2D eigenvalue weighted by Gasteiger charge is -2.11. The van der Waals surface area contributed by atoms with E-state index >= 15 is 0 Å². The number of benzene rings is 2. The van der Waals surface area contributed by atoms with Crippen molar-refractivity contribution in [2.24, 2.45) is 0 Å². The van der Waals surface area contributed by atoms with Crippen LogP contribution >= 0.6 is 0 Å². The maximum absolute atomic E-state index is 13.3. The summed E-state index contributed by atoms with van der Waals surface area (Å²) in [5, 5.41) is 7.93. The molecule has 0 radical (unpaired) electrons. The predicted octanol–water partition coefficient (Wildman–Crippen LogP) is 5.29. The van der Waals surface area contributed by atoms with Crippen LogP contribution in [0.2, 0.25) is 0 Å². The molecule has 0 aliphatic carbocycles. The SMILES string of the molecule is CNc1nccc(-c2cccnc2Oc2ccc(NC(=O)Nc3ccc(F)c(F)c3)cc2)n1. The Bertz CT molecular complexity index is 1280. The summed E-state index contributed by atoms with van der Waals surface area (Å²) in [6, 6.07) is 14.4. The van der Waals surface area contributed by atoms with Crippen molar-refractivity contribution >= 4 is 23.4 Å². The molecule has 0 saturated heterocycles. The molecule has 2 aromatic heterocycles. The number of nitrogens with zero attached hydrogens (tertiary/aromatic N) is 3. The van der Waals surface area contributed by atoms with Gasteiger partial charge in [-0.3, -0.25) is 0 Å². The van der Waals surface area contributed by atoms with Crippen molar-refractivity contribution in [3.05, 3.63) is 84.7 Å². The first kappa shape index (κ1) is 21.6. The van der Waals surface area contributed by atoms with Crippen molar-refractivity contribution in [3.63, 3.8) is 0 Å². The minimum absolute atomic E-state index is 0.125. The normalized spacial score (nSPS) is 10.4. The lowest BCUT2D eigenvalue weighted by atomic mass is 10.2. The quantitative estimate of drug-likeness (QED) is 0.370. The van der Waals surface area contributed by atoms with Gasteiger partial charge in [0.2, 0.25) is 11.8 Å². The maximum atomic E-state index is 13.3. The molecule has 2 aromatic carbocycles. The molecular weight excluding hydrogens is 430 g/mol. The second-order valence-electron chi connectivity index (χ2n) is 6.71. The summed E-state index contributed by atoms with van der Waals surface area (Å²) >= 11 is 0. The zero-order chi connectivity index (χ0) is 23.2. The predicted molar refractivity (Wildman–Crippen MR) is 120 cm³/mol. The van der Waals surface area contributed by atoms with Crippen LogP contribution in [0.25, 0.3) is 11.3 Å². The highest BCUT2D eigenvalue weighted by Gasteiger charge is 2.11. The summed E-state index contributed by atoms with van der Waals surface area (Å²) < 4.78 is 32.2. The smallest absolute Gasteiger partial charge is 0.323 e. The largest absolute Gasteiger partial charge is 0.438 e. The van der Waals surface area contributed by atoms with E-state index in [1.807, 2.05) is 6.07 Å². The number of urea groups is 1. The fraction of sp³-hybridized carbons (Fsp3) is 0.0435. The van der Waals surface area contributed by atoms with Gasteiger partial charge in [0.15, 0.2) is 11.6 Å². The summed E-state index contributed by atoms with van der Waals surface area (Å²) in [5.41, 5.74) is 1.92. The van der Waals surface area contributed by atoms with E-state index in [-0.39, 0.29) is 5.69 Å². The Kier molecular flexibility index (Phi) is 6.35. The van der Waals surface area contributed by atoms with Gasteiger partial charge in [-0.1, -0.05) is 0 Å². The number of aromatic nitrogens is 3. The highest BCUT2D eigenvalue weighted by atomic mass is 19.2. The first-order valence-corrected chi connectivity index (χ1v) is 9.79. The number of nitrogens with one attached hydrogen (secondary N) is 3. The van der Waals surface area contributed by atoms with Crippen LogP contribution in [0.3, 0.4) is 0 Å². The molecule has 0 fully saturated rings. The van der Waals surface area contributed by atoms with Crippen molar-refractivity contribution in [2.45, 2.75) is 0 Å². The molecule has 0 spiro atoms. The highest BCUT2D eigenvalue weighted by Crippen LogP contribution is 2.31. The van der Waals surface area contributed by atoms with Crippen molar-refractivity contribution in [2.75, 3.05) is 23.0 Å². The zero-order valence-electron chi connectivity index (χ0n) is 17.3. The Balaban J connectivity index is 1.44. The minimum atomic E-state index is -1.05. The van der Waals surface area contributed by atoms with Gasteiger partial charge in [0.25, 0.3) is 0 Å². The molecule has 0 bridgehead atoms. The van der Waals surface area contributed by atoms with Gasteiger partial charge in [0.1, 0.15) is 5.75 Å². The summed E-state index contributed by atoms with van der Waals surface area (Å²) in [5.74, 6) is -0.721. The molecule has 4 rings (SSSR count). The van der Waals surface area contributed by atoms with Gasteiger partial charge in [-0.25, -0.2) is 28.5 Å². The number of carbonyl (C=O) groups is 1. The number of rotatable bonds is 6. The number of hydrogen-bond donors (Lipinski definition) is 3. The Morgan fingerprint density at radius 2 is 1.64 bits per heavy atom. The first-order chi connectivity index (χ1) is 16.0. The molecule has 8 nitrogen and oxygen atoms in total.